The summed E-state index contributed by atoms with van der Waals surface area (Å²) in [5, 5.41) is 21.0. The number of aromatic nitrogens is 3. The summed E-state index contributed by atoms with van der Waals surface area (Å²) in [5.74, 6) is -0.407. The molecule has 0 aliphatic heterocycles. The van der Waals surface area contributed by atoms with Crippen molar-refractivity contribution in [2.24, 2.45) is 5.73 Å². The van der Waals surface area contributed by atoms with Crippen molar-refractivity contribution in [3.8, 4) is 5.69 Å². The van der Waals surface area contributed by atoms with E-state index in [2.05, 4.69) is 15.6 Å². The SMILES string of the molecule is CC(C)(N)CNC(=O)c1cn(-c2cccc([N+](=O)[O-])c2)nn1.Cl. The number of amides is 1. The highest BCUT2D eigenvalue weighted by atomic mass is 35.5. The van der Waals surface area contributed by atoms with Gasteiger partial charge < -0.3 is 11.1 Å². The van der Waals surface area contributed by atoms with Gasteiger partial charge in [-0.1, -0.05) is 11.3 Å². The van der Waals surface area contributed by atoms with Gasteiger partial charge in [-0.25, -0.2) is 4.68 Å². The number of hydrogen-bond donors (Lipinski definition) is 2. The third kappa shape index (κ3) is 5.01. The van der Waals surface area contributed by atoms with Gasteiger partial charge in [-0.2, -0.15) is 0 Å². The van der Waals surface area contributed by atoms with E-state index in [1.165, 1.54) is 29.1 Å². The van der Waals surface area contributed by atoms with Crippen LogP contribution in [0.4, 0.5) is 5.69 Å². The van der Waals surface area contributed by atoms with Crippen molar-refractivity contribution in [3.63, 3.8) is 0 Å². The predicted molar refractivity (Wildman–Crippen MR) is 85.9 cm³/mol. The van der Waals surface area contributed by atoms with Gasteiger partial charge in [-0.3, -0.25) is 14.9 Å². The zero-order valence-corrected chi connectivity index (χ0v) is 13.4. The fourth-order valence-corrected chi connectivity index (χ4v) is 1.64. The molecule has 0 spiro atoms. The molecule has 124 valence electrons. The quantitative estimate of drug-likeness (QED) is 0.618. The summed E-state index contributed by atoms with van der Waals surface area (Å²) >= 11 is 0. The highest BCUT2D eigenvalue weighted by molar-refractivity contribution is 5.91. The van der Waals surface area contributed by atoms with Crippen LogP contribution in [-0.4, -0.2) is 37.9 Å². The van der Waals surface area contributed by atoms with Gasteiger partial charge in [0, 0.05) is 24.2 Å². The number of carbonyl (C=O) groups is 1. The molecule has 2 rings (SSSR count). The van der Waals surface area contributed by atoms with Gasteiger partial charge in [0.1, 0.15) is 0 Å². The van der Waals surface area contributed by atoms with Gasteiger partial charge in [0.05, 0.1) is 16.8 Å². The molecule has 2 aromatic rings. The second kappa shape index (κ2) is 7.16. The van der Waals surface area contributed by atoms with E-state index in [1.54, 1.807) is 19.9 Å². The summed E-state index contributed by atoms with van der Waals surface area (Å²) in [4.78, 5) is 22.2. The standard InChI is InChI=1S/C13H16N6O3.ClH/c1-13(2,14)8-15-12(20)11-7-18(17-16-11)9-4-3-5-10(6-9)19(21)22;/h3-7H,8,14H2,1-2H3,(H,15,20);1H. The third-order valence-corrected chi connectivity index (χ3v) is 2.74. The van der Waals surface area contributed by atoms with Crippen molar-refractivity contribution >= 4 is 24.0 Å². The van der Waals surface area contributed by atoms with Crippen LogP contribution in [0.15, 0.2) is 30.5 Å². The first kappa shape index (κ1) is 18.5. The highest BCUT2D eigenvalue weighted by Crippen LogP contribution is 2.16. The lowest BCUT2D eigenvalue weighted by atomic mass is 10.1. The molecule has 1 aromatic heterocycles. The van der Waals surface area contributed by atoms with Crippen LogP contribution in [0.3, 0.4) is 0 Å². The van der Waals surface area contributed by atoms with E-state index in [4.69, 9.17) is 5.73 Å². The Labute approximate surface area is 138 Å². The lowest BCUT2D eigenvalue weighted by Crippen LogP contribution is -2.45. The van der Waals surface area contributed by atoms with Crippen molar-refractivity contribution in [1.29, 1.82) is 0 Å². The van der Waals surface area contributed by atoms with E-state index in [1.807, 2.05) is 0 Å². The van der Waals surface area contributed by atoms with Crippen molar-refractivity contribution in [1.82, 2.24) is 20.3 Å². The molecular formula is C13H17ClN6O3. The Hall–Kier alpha value is -2.52. The molecule has 0 saturated carbocycles. The average molecular weight is 341 g/mol. The zero-order chi connectivity index (χ0) is 16.3. The number of non-ortho nitro benzene ring substituents is 1. The molecule has 1 aromatic carbocycles. The van der Waals surface area contributed by atoms with Gasteiger partial charge >= 0.3 is 0 Å². The molecular weight excluding hydrogens is 324 g/mol. The number of nitro groups is 1. The fraction of sp³-hybridized carbons (Fsp3) is 0.308. The van der Waals surface area contributed by atoms with Crippen molar-refractivity contribution < 1.29 is 9.72 Å². The lowest BCUT2D eigenvalue weighted by molar-refractivity contribution is -0.384. The second-order valence-corrected chi connectivity index (χ2v) is 5.50. The summed E-state index contributed by atoms with van der Waals surface area (Å²) in [7, 11) is 0. The molecule has 1 amide bonds. The normalized spacial score (nSPS) is 10.7. The average Bonchev–Trinajstić information content (AvgIpc) is 2.94. The summed E-state index contributed by atoms with van der Waals surface area (Å²) < 4.78 is 1.30. The van der Waals surface area contributed by atoms with Crippen LogP contribution in [0.1, 0.15) is 24.3 Å². The third-order valence-electron chi connectivity index (χ3n) is 2.74. The van der Waals surface area contributed by atoms with E-state index >= 15 is 0 Å². The summed E-state index contributed by atoms with van der Waals surface area (Å²) in [6.45, 7) is 3.86. The molecule has 0 fully saturated rings. The first-order valence-corrected chi connectivity index (χ1v) is 6.50. The van der Waals surface area contributed by atoms with Crippen LogP contribution in [-0.2, 0) is 0 Å². The van der Waals surface area contributed by atoms with E-state index in [0.29, 0.717) is 5.69 Å². The molecule has 10 heteroatoms. The largest absolute Gasteiger partial charge is 0.349 e. The number of halogens is 1. The molecule has 0 saturated heterocycles. The number of nitrogens with one attached hydrogen (secondary N) is 1. The number of hydrogen-bond acceptors (Lipinski definition) is 6. The van der Waals surface area contributed by atoms with E-state index in [0.717, 1.165) is 0 Å². The van der Waals surface area contributed by atoms with Gasteiger partial charge in [0.2, 0.25) is 0 Å². The minimum absolute atomic E-state index is 0. The van der Waals surface area contributed by atoms with Crippen LogP contribution < -0.4 is 11.1 Å². The summed E-state index contributed by atoms with van der Waals surface area (Å²) in [5.41, 5.74) is 5.73. The summed E-state index contributed by atoms with van der Waals surface area (Å²) in [6.07, 6.45) is 1.40. The van der Waals surface area contributed by atoms with Crippen LogP contribution in [0, 0.1) is 10.1 Å². The van der Waals surface area contributed by atoms with Crippen molar-refractivity contribution in [2.45, 2.75) is 19.4 Å². The number of benzene rings is 1. The molecule has 0 unspecified atom stereocenters. The number of nitrogens with zero attached hydrogens (tertiary/aromatic N) is 4. The minimum atomic E-state index is -0.536. The molecule has 0 atom stereocenters. The molecule has 23 heavy (non-hydrogen) atoms. The van der Waals surface area contributed by atoms with Crippen molar-refractivity contribution in [3.05, 3.63) is 46.3 Å². The predicted octanol–water partition coefficient (Wildman–Crippen LogP) is 1.06. The Kier molecular flexibility index (Phi) is 5.77. The Morgan fingerprint density at radius 1 is 1.48 bits per heavy atom. The van der Waals surface area contributed by atoms with Crippen LogP contribution >= 0.6 is 12.4 Å². The number of carbonyl (C=O) groups excluding carboxylic acids is 1. The molecule has 9 nitrogen and oxygen atoms in total. The molecule has 0 radical (unpaired) electrons. The monoisotopic (exact) mass is 340 g/mol. The summed E-state index contributed by atoms with van der Waals surface area (Å²) in [6, 6.07) is 5.88. The molecule has 0 aliphatic carbocycles. The van der Waals surface area contributed by atoms with E-state index < -0.39 is 16.4 Å². The van der Waals surface area contributed by atoms with Crippen LogP contribution in [0.5, 0.6) is 0 Å². The Balaban J connectivity index is 0.00000264. The number of nitrogens with two attached hydrogens (primary N) is 1. The van der Waals surface area contributed by atoms with Crippen LogP contribution in [0.25, 0.3) is 5.69 Å². The highest BCUT2D eigenvalue weighted by Gasteiger charge is 2.16. The second-order valence-electron chi connectivity index (χ2n) is 5.50. The molecule has 3 N–H and O–H groups in total. The van der Waals surface area contributed by atoms with Gasteiger partial charge in [0.15, 0.2) is 5.69 Å². The van der Waals surface area contributed by atoms with Gasteiger partial charge in [-0.05, 0) is 19.9 Å². The van der Waals surface area contributed by atoms with Gasteiger partial charge in [-0.15, -0.1) is 17.5 Å². The Morgan fingerprint density at radius 3 is 2.78 bits per heavy atom. The molecule has 0 bridgehead atoms. The molecule has 1 heterocycles. The van der Waals surface area contributed by atoms with Crippen LogP contribution in [0.2, 0.25) is 0 Å². The maximum Gasteiger partial charge on any atom is 0.273 e. The van der Waals surface area contributed by atoms with Crippen molar-refractivity contribution in [2.75, 3.05) is 6.54 Å². The fourth-order valence-electron chi connectivity index (χ4n) is 1.64. The Bertz CT molecular complexity index is 710. The number of nitro benzene ring substituents is 1. The smallest absolute Gasteiger partial charge is 0.273 e. The van der Waals surface area contributed by atoms with E-state index in [9.17, 15) is 14.9 Å². The van der Waals surface area contributed by atoms with E-state index in [-0.39, 0.29) is 30.3 Å². The maximum atomic E-state index is 11.9. The number of rotatable bonds is 5. The maximum absolute atomic E-state index is 11.9. The molecule has 0 aliphatic rings. The van der Waals surface area contributed by atoms with Gasteiger partial charge in [0.25, 0.3) is 11.6 Å². The minimum Gasteiger partial charge on any atom is -0.349 e. The Morgan fingerprint density at radius 2 is 2.17 bits per heavy atom. The first-order chi connectivity index (χ1) is 10.3. The zero-order valence-electron chi connectivity index (χ0n) is 12.6. The topological polar surface area (TPSA) is 129 Å². The lowest BCUT2D eigenvalue weighted by Gasteiger charge is -2.18. The first-order valence-electron chi connectivity index (χ1n) is 6.50.